The van der Waals surface area contributed by atoms with Crippen molar-refractivity contribution < 1.29 is 9.18 Å². The predicted molar refractivity (Wildman–Crippen MR) is 98.0 cm³/mol. The molecule has 1 atom stereocenters. The van der Waals surface area contributed by atoms with Crippen molar-refractivity contribution >= 4 is 17.5 Å². The molecule has 25 heavy (non-hydrogen) atoms. The summed E-state index contributed by atoms with van der Waals surface area (Å²) >= 11 is 6.05. The van der Waals surface area contributed by atoms with Crippen molar-refractivity contribution in [2.24, 2.45) is 0 Å². The van der Waals surface area contributed by atoms with E-state index in [0.29, 0.717) is 17.1 Å². The maximum atomic E-state index is 13.9. The molecule has 5 heteroatoms. The molecule has 0 aromatic heterocycles. The quantitative estimate of drug-likeness (QED) is 0.870. The normalized spacial score (nSPS) is 16.6. The molecular weight excluding hydrogens is 339 g/mol. The van der Waals surface area contributed by atoms with Gasteiger partial charge in [-0.15, -0.1) is 0 Å². The molecule has 0 heterocycles. The summed E-state index contributed by atoms with van der Waals surface area (Å²) in [4.78, 5) is 14.2. The fourth-order valence-corrected chi connectivity index (χ4v) is 3.62. The highest BCUT2D eigenvalue weighted by Crippen LogP contribution is 2.29. The number of carbonyl (C=O) groups excluding carboxylic acids is 1. The number of nitrogens with one attached hydrogen (secondary N) is 1. The molecule has 2 aromatic carbocycles. The summed E-state index contributed by atoms with van der Waals surface area (Å²) in [5.74, 6) is -0.405. The van der Waals surface area contributed by atoms with Crippen LogP contribution >= 0.6 is 11.6 Å². The number of aryl methyl sites for hydroxylation is 1. The summed E-state index contributed by atoms with van der Waals surface area (Å²) in [7, 11) is 1.79. The average molecular weight is 361 g/mol. The largest absolute Gasteiger partial charge is 0.348 e. The van der Waals surface area contributed by atoms with Crippen LogP contribution in [-0.4, -0.2) is 24.4 Å². The van der Waals surface area contributed by atoms with E-state index >= 15 is 0 Å². The zero-order chi connectivity index (χ0) is 17.8. The second-order valence-corrected chi connectivity index (χ2v) is 6.99. The standard InChI is InChI=1S/C20H22ClFN2O/c1-24(12-16-17(21)9-5-10-18(16)22)13-20(25)23-19-11-4-7-14-6-2-3-8-15(14)19/h2-3,5-6,8-10,19H,4,7,11-13H2,1H3,(H,23,25)/t19-/m1/s1. The van der Waals surface area contributed by atoms with Crippen molar-refractivity contribution in [1.82, 2.24) is 10.2 Å². The summed E-state index contributed by atoms with van der Waals surface area (Å²) < 4.78 is 13.9. The minimum absolute atomic E-state index is 0.0582. The number of fused-ring (bicyclic) bond motifs is 1. The zero-order valence-corrected chi connectivity index (χ0v) is 15.0. The number of benzene rings is 2. The van der Waals surface area contributed by atoms with E-state index in [1.165, 1.54) is 17.2 Å². The maximum absolute atomic E-state index is 13.9. The molecule has 1 amide bonds. The van der Waals surface area contributed by atoms with Gasteiger partial charge >= 0.3 is 0 Å². The number of nitrogens with zero attached hydrogens (tertiary/aromatic N) is 1. The zero-order valence-electron chi connectivity index (χ0n) is 14.3. The molecule has 1 aliphatic rings. The van der Waals surface area contributed by atoms with E-state index in [2.05, 4.69) is 17.4 Å². The predicted octanol–water partition coefficient (Wildman–Crippen LogP) is 4.10. The van der Waals surface area contributed by atoms with Crippen LogP contribution in [0.2, 0.25) is 5.02 Å². The van der Waals surface area contributed by atoms with Gasteiger partial charge in [0.2, 0.25) is 5.91 Å². The van der Waals surface area contributed by atoms with Crippen molar-refractivity contribution in [2.45, 2.75) is 31.8 Å². The SMILES string of the molecule is CN(CC(=O)N[C@@H]1CCCc2ccccc21)Cc1c(F)cccc1Cl. The molecule has 132 valence electrons. The van der Waals surface area contributed by atoms with E-state index < -0.39 is 0 Å². The molecule has 0 fully saturated rings. The smallest absolute Gasteiger partial charge is 0.234 e. The topological polar surface area (TPSA) is 32.3 Å². The highest BCUT2D eigenvalue weighted by atomic mass is 35.5. The Labute approximate surface area is 152 Å². The van der Waals surface area contributed by atoms with Crippen molar-refractivity contribution in [2.75, 3.05) is 13.6 Å². The molecule has 1 aliphatic carbocycles. The summed E-state index contributed by atoms with van der Waals surface area (Å²) in [6, 6.07) is 12.9. The minimum Gasteiger partial charge on any atom is -0.348 e. The monoisotopic (exact) mass is 360 g/mol. The fraction of sp³-hybridized carbons (Fsp3) is 0.350. The molecule has 3 nitrogen and oxygen atoms in total. The second kappa shape index (κ2) is 7.98. The third-order valence-electron chi connectivity index (χ3n) is 4.61. The van der Waals surface area contributed by atoms with Gasteiger partial charge in [-0.1, -0.05) is 41.9 Å². The van der Waals surface area contributed by atoms with Gasteiger partial charge in [-0.3, -0.25) is 9.69 Å². The molecule has 0 saturated heterocycles. The van der Waals surface area contributed by atoms with E-state index in [1.807, 2.05) is 12.1 Å². The first-order chi connectivity index (χ1) is 12.0. The Bertz CT molecular complexity index is 745. The lowest BCUT2D eigenvalue weighted by Gasteiger charge is -2.27. The van der Waals surface area contributed by atoms with E-state index in [-0.39, 0.29) is 24.3 Å². The van der Waals surface area contributed by atoms with Crippen LogP contribution in [0.4, 0.5) is 4.39 Å². The molecule has 0 radical (unpaired) electrons. The van der Waals surface area contributed by atoms with Gasteiger partial charge < -0.3 is 5.32 Å². The van der Waals surface area contributed by atoms with Crippen molar-refractivity contribution in [3.05, 3.63) is 70.0 Å². The van der Waals surface area contributed by atoms with Gasteiger partial charge in [0.15, 0.2) is 0 Å². The Kier molecular flexibility index (Phi) is 5.71. The Hall–Kier alpha value is -1.91. The summed E-state index contributed by atoms with van der Waals surface area (Å²) in [5.41, 5.74) is 2.94. The number of hydrogen-bond donors (Lipinski definition) is 1. The van der Waals surface area contributed by atoms with E-state index in [4.69, 9.17) is 11.6 Å². The molecular formula is C20H22ClFN2O. The molecule has 0 bridgehead atoms. The van der Waals surface area contributed by atoms with Crippen molar-refractivity contribution in [1.29, 1.82) is 0 Å². The van der Waals surface area contributed by atoms with E-state index in [0.717, 1.165) is 19.3 Å². The van der Waals surface area contributed by atoms with Crippen LogP contribution in [0.25, 0.3) is 0 Å². The van der Waals surface area contributed by atoms with Crippen LogP contribution in [0.5, 0.6) is 0 Å². The lowest BCUT2D eigenvalue weighted by atomic mass is 9.88. The molecule has 0 unspecified atom stereocenters. The number of carbonyl (C=O) groups is 1. The first-order valence-electron chi connectivity index (χ1n) is 8.53. The number of amides is 1. The molecule has 3 rings (SSSR count). The highest BCUT2D eigenvalue weighted by molar-refractivity contribution is 6.31. The number of halogens is 2. The van der Waals surface area contributed by atoms with Gasteiger partial charge in [-0.25, -0.2) is 4.39 Å². The van der Waals surface area contributed by atoms with Gasteiger partial charge in [0, 0.05) is 17.1 Å². The Morgan fingerprint density at radius 2 is 2.08 bits per heavy atom. The average Bonchev–Trinajstić information content (AvgIpc) is 2.58. The van der Waals surface area contributed by atoms with Crippen molar-refractivity contribution in [3.8, 4) is 0 Å². The van der Waals surface area contributed by atoms with Crippen LogP contribution in [0.3, 0.4) is 0 Å². The van der Waals surface area contributed by atoms with Gasteiger partial charge in [0.1, 0.15) is 5.82 Å². The highest BCUT2D eigenvalue weighted by Gasteiger charge is 2.22. The van der Waals surface area contributed by atoms with Crippen LogP contribution in [0, 0.1) is 5.82 Å². The molecule has 1 N–H and O–H groups in total. The van der Waals surface area contributed by atoms with Crippen molar-refractivity contribution in [3.63, 3.8) is 0 Å². The first-order valence-corrected chi connectivity index (χ1v) is 8.91. The van der Waals surface area contributed by atoms with Crippen LogP contribution in [0.1, 0.15) is 35.6 Å². The lowest BCUT2D eigenvalue weighted by Crippen LogP contribution is -2.38. The molecule has 0 aliphatic heterocycles. The molecule has 0 saturated carbocycles. The first kappa shape index (κ1) is 17.9. The lowest BCUT2D eigenvalue weighted by molar-refractivity contribution is -0.122. The number of hydrogen-bond acceptors (Lipinski definition) is 2. The Morgan fingerprint density at radius 3 is 2.88 bits per heavy atom. The van der Waals surface area contributed by atoms with Crippen LogP contribution in [0.15, 0.2) is 42.5 Å². The number of likely N-dealkylation sites (N-methyl/N-ethyl adjacent to an activating group) is 1. The summed E-state index contributed by atoms with van der Waals surface area (Å²) in [5, 5.41) is 3.50. The van der Waals surface area contributed by atoms with E-state index in [1.54, 1.807) is 24.1 Å². The fourth-order valence-electron chi connectivity index (χ4n) is 3.40. The molecule has 2 aromatic rings. The van der Waals surface area contributed by atoms with Gasteiger partial charge in [0.05, 0.1) is 12.6 Å². The van der Waals surface area contributed by atoms with Crippen LogP contribution in [-0.2, 0) is 17.8 Å². The van der Waals surface area contributed by atoms with Crippen LogP contribution < -0.4 is 5.32 Å². The third-order valence-corrected chi connectivity index (χ3v) is 4.96. The van der Waals surface area contributed by atoms with Gasteiger partial charge in [-0.2, -0.15) is 0 Å². The Balaban J connectivity index is 1.60. The minimum atomic E-state index is -0.346. The summed E-state index contributed by atoms with van der Waals surface area (Å²) in [6.07, 6.45) is 3.09. The third kappa shape index (κ3) is 4.39. The molecule has 0 spiro atoms. The maximum Gasteiger partial charge on any atom is 0.234 e. The number of rotatable bonds is 5. The van der Waals surface area contributed by atoms with Gasteiger partial charge in [-0.05, 0) is 49.6 Å². The summed E-state index contributed by atoms with van der Waals surface area (Å²) in [6.45, 7) is 0.490. The second-order valence-electron chi connectivity index (χ2n) is 6.58. The van der Waals surface area contributed by atoms with E-state index in [9.17, 15) is 9.18 Å². The van der Waals surface area contributed by atoms with Gasteiger partial charge in [0.25, 0.3) is 0 Å². The Morgan fingerprint density at radius 1 is 1.28 bits per heavy atom.